The van der Waals surface area contributed by atoms with E-state index in [0.717, 1.165) is 11.1 Å². The van der Waals surface area contributed by atoms with Gasteiger partial charge < -0.3 is 15.4 Å². The summed E-state index contributed by atoms with van der Waals surface area (Å²) in [6.07, 6.45) is 1.63. The minimum atomic E-state index is -0.341. The van der Waals surface area contributed by atoms with Crippen LogP contribution in [0.3, 0.4) is 0 Å². The molecule has 6 heteroatoms. The zero-order valence-corrected chi connectivity index (χ0v) is 12.6. The highest BCUT2D eigenvalue weighted by Gasteiger charge is 2.08. The molecule has 0 radical (unpaired) electrons. The minimum Gasteiger partial charge on any atom is -0.481 e. The number of urea groups is 1. The van der Waals surface area contributed by atoms with Gasteiger partial charge in [-0.15, -0.1) is 0 Å². The van der Waals surface area contributed by atoms with Crippen molar-refractivity contribution in [1.82, 2.24) is 10.3 Å². The first kappa shape index (κ1) is 15.1. The van der Waals surface area contributed by atoms with Gasteiger partial charge in [0.1, 0.15) is 0 Å². The van der Waals surface area contributed by atoms with Crippen LogP contribution in [0.5, 0.6) is 5.88 Å². The Balaban J connectivity index is 1.96. The van der Waals surface area contributed by atoms with Crippen molar-refractivity contribution in [2.24, 2.45) is 0 Å². The lowest BCUT2D eigenvalue weighted by Crippen LogP contribution is -2.28. The lowest BCUT2D eigenvalue weighted by molar-refractivity contribution is 0.251. The molecule has 0 spiro atoms. The Hall–Kier alpha value is -2.27. The molecule has 0 aliphatic heterocycles. The van der Waals surface area contributed by atoms with Crippen LogP contribution < -0.4 is 15.4 Å². The highest BCUT2D eigenvalue weighted by molar-refractivity contribution is 6.33. The van der Waals surface area contributed by atoms with Crippen molar-refractivity contribution in [3.8, 4) is 5.88 Å². The van der Waals surface area contributed by atoms with E-state index in [1.165, 1.54) is 7.11 Å². The van der Waals surface area contributed by atoms with Gasteiger partial charge in [0.15, 0.2) is 0 Å². The van der Waals surface area contributed by atoms with E-state index in [-0.39, 0.29) is 6.03 Å². The molecule has 1 aromatic heterocycles. The Morgan fingerprint density at radius 1 is 1.38 bits per heavy atom. The molecule has 0 fully saturated rings. The first-order valence-electron chi connectivity index (χ1n) is 6.39. The second-order valence-corrected chi connectivity index (χ2v) is 4.87. The third kappa shape index (κ3) is 4.10. The number of nitrogens with zero attached hydrogens (tertiary/aromatic N) is 1. The van der Waals surface area contributed by atoms with Gasteiger partial charge in [-0.05, 0) is 30.7 Å². The highest BCUT2D eigenvalue weighted by Crippen LogP contribution is 2.22. The number of methoxy groups -OCH3 is 1. The zero-order valence-electron chi connectivity index (χ0n) is 11.8. The summed E-state index contributed by atoms with van der Waals surface area (Å²) in [7, 11) is 1.54. The van der Waals surface area contributed by atoms with E-state index in [9.17, 15) is 4.79 Å². The van der Waals surface area contributed by atoms with Crippen LogP contribution >= 0.6 is 11.6 Å². The van der Waals surface area contributed by atoms with Gasteiger partial charge in [-0.25, -0.2) is 9.78 Å². The monoisotopic (exact) mass is 305 g/mol. The van der Waals surface area contributed by atoms with Crippen LogP contribution in [0.4, 0.5) is 10.5 Å². The average Bonchev–Trinajstić information content (AvgIpc) is 2.48. The molecule has 1 heterocycles. The van der Waals surface area contributed by atoms with Crippen molar-refractivity contribution in [1.29, 1.82) is 0 Å². The van der Waals surface area contributed by atoms with Crippen molar-refractivity contribution in [3.05, 3.63) is 52.7 Å². The van der Waals surface area contributed by atoms with Crippen LogP contribution in [0.1, 0.15) is 11.1 Å². The van der Waals surface area contributed by atoms with Gasteiger partial charge in [-0.2, -0.15) is 0 Å². The fourth-order valence-electron chi connectivity index (χ4n) is 1.81. The number of rotatable bonds is 4. The Bertz CT molecular complexity index is 647. The number of halogens is 1. The molecule has 0 saturated heterocycles. The Kier molecular flexibility index (Phi) is 5.00. The maximum atomic E-state index is 11.9. The number of carbonyl (C=O) groups excluding carboxylic acids is 1. The number of hydrogen-bond acceptors (Lipinski definition) is 3. The summed E-state index contributed by atoms with van der Waals surface area (Å²) in [6, 6.07) is 8.72. The van der Waals surface area contributed by atoms with Gasteiger partial charge in [0.05, 0.1) is 17.8 Å². The first-order chi connectivity index (χ1) is 10.1. The topological polar surface area (TPSA) is 63.2 Å². The second-order valence-electron chi connectivity index (χ2n) is 4.46. The van der Waals surface area contributed by atoms with E-state index in [4.69, 9.17) is 16.3 Å². The molecule has 110 valence electrons. The fraction of sp³-hybridized carbons (Fsp3) is 0.200. The third-order valence-electron chi connectivity index (χ3n) is 2.86. The van der Waals surface area contributed by atoms with Crippen molar-refractivity contribution < 1.29 is 9.53 Å². The summed E-state index contributed by atoms with van der Waals surface area (Å²) >= 11 is 6.07. The van der Waals surface area contributed by atoms with E-state index in [2.05, 4.69) is 15.6 Å². The number of aryl methyl sites for hydroxylation is 1. The SMILES string of the molecule is COc1ncccc1CNC(=O)Nc1ccc(C)cc1Cl. The number of pyridine rings is 1. The molecule has 0 bridgehead atoms. The Morgan fingerprint density at radius 3 is 2.90 bits per heavy atom. The molecular weight excluding hydrogens is 290 g/mol. The van der Waals surface area contributed by atoms with Gasteiger partial charge >= 0.3 is 6.03 Å². The number of carbonyl (C=O) groups is 1. The number of aromatic nitrogens is 1. The first-order valence-corrected chi connectivity index (χ1v) is 6.77. The second kappa shape index (κ2) is 6.95. The quantitative estimate of drug-likeness (QED) is 0.910. The lowest BCUT2D eigenvalue weighted by Gasteiger charge is -2.11. The predicted molar refractivity (Wildman–Crippen MR) is 82.8 cm³/mol. The van der Waals surface area contributed by atoms with Crippen molar-refractivity contribution in [3.63, 3.8) is 0 Å². The summed E-state index contributed by atoms with van der Waals surface area (Å²) in [5.74, 6) is 0.492. The minimum absolute atomic E-state index is 0.312. The summed E-state index contributed by atoms with van der Waals surface area (Å²) in [5.41, 5.74) is 2.40. The number of benzene rings is 1. The van der Waals surface area contributed by atoms with Crippen LogP contribution in [0.2, 0.25) is 5.02 Å². The molecular formula is C15H16ClN3O2. The van der Waals surface area contributed by atoms with Crippen LogP contribution in [0.15, 0.2) is 36.5 Å². The molecule has 0 aliphatic carbocycles. The number of hydrogen-bond donors (Lipinski definition) is 2. The van der Waals surface area contributed by atoms with Gasteiger partial charge in [0, 0.05) is 18.3 Å². The molecule has 2 N–H and O–H groups in total. The van der Waals surface area contributed by atoms with E-state index in [1.807, 2.05) is 19.1 Å². The van der Waals surface area contributed by atoms with Crippen LogP contribution in [0.25, 0.3) is 0 Å². The number of anilines is 1. The third-order valence-corrected chi connectivity index (χ3v) is 3.17. The fourth-order valence-corrected chi connectivity index (χ4v) is 2.09. The average molecular weight is 306 g/mol. The summed E-state index contributed by atoms with van der Waals surface area (Å²) in [6.45, 7) is 2.25. The van der Waals surface area contributed by atoms with E-state index < -0.39 is 0 Å². The maximum absolute atomic E-state index is 11.9. The smallest absolute Gasteiger partial charge is 0.319 e. The zero-order chi connectivity index (χ0) is 15.2. The summed E-state index contributed by atoms with van der Waals surface area (Å²) in [5, 5.41) is 5.94. The Morgan fingerprint density at radius 2 is 2.19 bits per heavy atom. The van der Waals surface area contributed by atoms with Gasteiger partial charge in [-0.1, -0.05) is 23.7 Å². The highest BCUT2D eigenvalue weighted by atomic mass is 35.5. The van der Waals surface area contributed by atoms with Gasteiger partial charge in [-0.3, -0.25) is 0 Å². The predicted octanol–water partition coefficient (Wildman–Crippen LogP) is 3.37. The van der Waals surface area contributed by atoms with Crippen molar-refractivity contribution in [2.75, 3.05) is 12.4 Å². The molecule has 2 amide bonds. The molecule has 5 nitrogen and oxygen atoms in total. The molecule has 21 heavy (non-hydrogen) atoms. The van der Waals surface area contributed by atoms with E-state index in [1.54, 1.807) is 24.4 Å². The molecule has 2 rings (SSSR count). The number of ether oxygens (including phenoxy) is 1. The van der Waals surface area contributed by atoms with Crippen molar-refractivity contribution in [2.45, 2.75) is 13.5 Å². The molecule has 2 aromatic rings. The van der Waals surface area contributed by atoms with E-state index >= 15 is 0 Å². The largest absolute Gasteiger partial charge is 0.481 e. The molecule has 0 unspecified atom stereocenters. The summed E-state index contributed by atoms with van der Waals surface area (Å²) in [4.78, 5) is 15.9. The molecule has 0 aliphatic rings. The maximum Gasteiger partial charge on any atom is 0.319 e. The van der Waals surface area contributed by atoms with E-state index in [0.29, 0.717) is 23.1 Å². The molecule has 1 aromatic carbocycles. The normalized spacial score (nSPS) is 10.0. The van der Waals surface area contributed by atoms with Crippen LogP contribution in [-0.4, -0.2) is 18.1 Å². The van der Waals surface area contributed by atoms with Crippen LogP contribution in [0, 0.1) is 6.92 Å². The van der Waals surface area contributed by atoms with Crippen molar-refractivity contribution >= 4 is 23.3 Å². The van der Waals surface area contributed by atoms with Crippen LogP contribution in [-0.2, 0) is 6.54 Å². The standard InChI is InChI=1S/C15H16ClN3O2/c1-10-5-6-13(12(16)8-10)19-15(20)18-9-11-4-3-7-17-14(11)21-2/h3-8H,9H2,1-2H3,(H2,18,19,20). The number of nitrogens with one attached hydrogen (secondary N) is 2. The lowest BCUT2D eigenvalue weighted by atomic mass is 10.2. The molecule has 0 atom stereocenters. The number of amides is 2. The Labute approximate surface area is 128 Å². The molecule has 0 saturated carbocycles. The summed E-state index contributed by atoms with van der Waals surface area (Å²) < 4.78 is 5.12. The van der Waals surface area contributed by atoms with Gasteiger partial charge in [0.25, 0.3) is 0 Å². The van der Waals surface area contributed by atoms with Gasteiger partial charge in [0.2, 0.25) is 5.88 Å².